The van der Waals surface area contributed by atoms with Crippen molar-refractivity contribution in [1.82, 2.24) is 0 Å². The summed E-state index contributed by atoms with van der Waals surface area (Å²) in [6, 6.07) is 79.4. The van der Waals surface area contributed by atoms with Crippen molar-refractivity contribution >= 4 is 0 Å². The normalized spacial score (nSPS) is 11.5. The van der Waals surface area contributed by atoms with Gasteiger partial charge in [0.05, 0.1) is 22.3 Å². The fraction of sp³-hybridized carbons (Fsp3) is 0.158. The van der Waals surface area contributed by atoms with Gasteiger partial charge in [0.1, 0.15) is 46.5 Å². The van der Waals surface area contributed by atoms with E-state index in [9.17, 15) is 105 Å². The van der Waals surface area contributed by atoms with Crippen molar-refractivity contribution in [3.8, 4) is 157 Å². The van der Waals surface area contributed by atoms with Gasteiger partial charge in [-0.3, -0.25) is 0 Å². The third-order valence-corrected chi connectivity index (χ3v) is 22.8. The lowest BCUT2D eigenvalue weighted by molar-refractivity contribution is -0.276. The molecule has 0 aliphatic rings. The maximum absolute atomic E-state index is 14.9. The van der Waals surface area contributed by atoms with Gasteiger partial charge in [-0.2, -0.15) is 0 Å². The minimum Gasteiger partial charge on any atom is -0.403 e. The fourth-order valence-electron chi connectivity index (χ4n) is 15.7. The zero-order chi connectivity index (χ0) is 102. The zero-order valence-electron chi connectivity index (χ0n) is 75.8. The van der Waals surface area contributed by atoms with Crippen LogP contribution in [0.3, 0.4) is 0 Å². The summed E-state index contributed by atoms with van der Waals surface area (Å²) in [4.78, 5) is 0. The summed E-state index contributed by atoms with van der Waals surface area (Å²) in [6.07, 6.45) is -9.49. The number of unbranched alkanes of at least 4 members (excludes halogenated alkanes) is 3. The molecule has 732 valence electrons. The van der Waals surface area contributed by atoms with Crippen LogP contribution in [0.5, 0.6) is 23.0 Å². The van der Waals surface area contributed by atoms with Crippen LogP contribution < -0.4 is 18.9 Å². The molecule has 0 atom stereocenters. The van der Waals surface area contributed by atoms with Crippen LogP contribution in [0.2, 0.25) is 0 Å². The first-order chi connectivity index (χ1) is 67.6. The summed E-state index contributed by atoms with van der Waals surface area (Å²) in [5.74, 6) is -17.7. The van der Waals surface area contributed by atoms with Crippen molar-refractivity contribution in [2.45, 2.75) is 117 Å². The molecule has 0 aliphatic heterocycles. The minimum absolute atomic E-state index is 0.248. The monoisotopic (exact) mass is 1970 g/mol. The summed E-state index contributed by atoms with van der Waals surface area (Å²) in [7, 11) is 0. The fourth-order valence-corrected chi connectivity index (χ4v) is 15.7. The average Bonchev–Trinajstić information content (AvgIpc) is 0.795. The number of rotatable bonds is 26. The molecule has 16 aromatic rings. The first-order valence-electron chi connectivity index (χ1n) is 44.6. The van der Waals surface area contributed by atoms with Gasteiger partial charge in [-0.15, -0.1) is 52.7 Å². The van der Waals surface area contributed by atoms with Gasteiger partial charge in [-0.05, 0) is 269 Å². The number of hydrogen-bond acceptors (Lipinski definition) is 4. The topological polar surface area (TPSA) is 36.9 Å². The lowest BCUT2D eigenvalue weighted by Crippen LogP contribution is -2.17. The van der Waals surface area contributed by atoms with E-state index < -0.39 is 141 Å². The van der Waals surface area contributed by atoms with Crippen molar-refractivity contribution in [3.05, 3.63) is 408 Å². The Balaban J connectivity index is 0.000000159. The van der Waals surface area contributed by atoms with Crippen LogP contribution in [0.15, 0.2) is 315 Å². The number of halogens is 24. The van der Waals surface area contributed by atoms with Crippen LogP contribution in [0.25, 0.3) is 134 Å². The number of aryl methyl sites for hydroxylation is 4. The van der Waals surface area contributed by atoms with Crippen LogP contribution in [0.4, 0.5) is 105 Å². The van der Waals surface area contributed by atoms with E-state index in [0.717, 1.165) is 169 Å². The molecule has 0 N–H and O–H groups in total. The Morgan fingerprint density at radius 3 is 0.500 bits per heavy atom. The number of alkyl halides is 12. The number of ether oxygens (including phenoxy) is 4. The van der Waals surface area contributed by atoms with Crippen molar-refractivity contribution in [3.63, 3.8) is 0 Å². The molecule has 0 bridgehead atoms. The molecule has 0 fully saturated rings. The predicted molar refractivity (Wildman–Crippen MR) is 502 cm³/mol. The highest BCUT2D eigenvalue weighted by Crippen LogP contribution is 2.43. The second kappa shape index (κ2) is 46.0. The van der Waals surface area contributed by atoms with Gasteiger partial charge >= 0.3 is 25.4 Å². The first-order valence-corrected chi connectivity index (χ1v) is 44.6. The highest BCUT2D eigenvalue weighted by atomic mass is 19.4. The van der Waals surface area contributed by atoms with Gasteiger partial charge in [0.25, 0.3) is 0 Å². The molecule has 28 heteroatoms. The molecule has 0 saturated carbocycles. The summed E-state index contributed by atoms with van der Waals surface area (Å²) in [5.41, 5.74) is 13.1. The average molecular weight is 1970 g/mol. The van der Waals surface area contributed by atoms with Crippen molar-refractivity contribution in [2.24, 2.45) is 0 Å². The first kappa shape index (κ1) is 104. The van der Waals surface area contributed by atoms with Gasteiger partial charge in [-0.25, -0.2) is 52.7 Å². The Hall–Kier alpha value is -15.0. The van der Waals surface area contributed by atoms with E-state index in [-0.39, 0.29) is 44.5 Å². The maximum Gasteiger partial charge on any atom is 0.573 e. The molecular weight excluding hydrogens is 1890 g/mol. The quantitative estimate of drug-likeness (QED) is 0.0400. The third kappa shape index (κ3) is 27.8. The van der Waals surface area contributed by atoms with Gasteiger partial charge in [-0.1, -0.05) is 272 Å². The van der Waals surface area contributed by atoms with Gasteiger partial charge in [0.15, 0.2) is 46.3 Å². The Kier molecular flexibility index (Phi) is 33.8. The van der Waals surface area contributed by atoms with E-state index in [1.807, 2.05) is 97.1 Å². The van der Waals surface area contributed by atoms with Gasteiger partial charge < -0.3 is 18.9 Å². The van der Waals surface area contributed by atoms with E-state index >= 15 is 0 Å². The molecule has 0 amide bonds. The third-order valence-electron chi connectivity index (χ3n) is 22.8. The minimum atomic E-state index is -5.09. The van der Waals surface area contributed by atoms with E-state index in [1.54, 1.807) is 48.5 Å². The molecule has 0 aliphatic carbocycles. The van der Waals surface area contributed by atoms with Crippen LogP contribution in [-0.2, 0) is 25.7 Å². The molecule has 16 rings (SSSR count). The Labute approximate surface area is 801 Å². The Bertz CT molecular complexity index is 6930. The largest absolute Gasteiger partial charge is 0.573 e. The lowest BCUT2D eigenvalue weighted by atomic mass is 9.96. The summed E-state index contributed by atoms with van der Waals surface area (Å²) < 4.78 is 337. The zero-order valence-corrected chi connectivity index (χ0v) is 75.8. The molecular formula is C114H84F24O4. The van der Waals surface area contributed by atoms with Crippen molar-refractivity contribution < 1.29 is 124 Å². The van der Waals surface area contributed by atoms with E-state index in [1.165, 1.54) is 35.1 Å². The van der Waals surface area contributed by atoms with Crippen molar-refractivity contribution in [1.29, 1.82) is 0 Å². The molecule has 142 heavy (non-hydrogen) atoms. The van der Waals surface area contributed by atoms with Crippen LogP contribution in [0, 0.1) is 69.8 Å². The molecule has 0 aromatic heterocycles. The molecule has 0 radical (unpaired) electrons. The molecule has 0 saturated heterocycles. The van der Waals surface area contributed by atoms with E-state index in [0.29, 0.717) is 70.8 Å². The summed E-state index contributed by atoms with van der Waals surface area (Å²) >= 11 is 0. The highest BCUT2D eigenvalue weighted by molar-refractivity contribution is 5.80. The summed E-state index contributed by atoms with van der Waals surface area (Å²) in [6.45, 7) is 8.51. The van der Waals surface area contributed by atoms with Gasteiger partial charge in [0, 0.05) is 0 Å². The predicted octanol–water partition coefficient (Wildman–Crippen LogP) is 36.6. The SMILES string of the molecule is CCCCCc1ccc(-c2ccc(-c3cc(F)c(-c4ccc(OC(F)(F)F)c(F)c4)c(F)c3)cc2)cc1.CCCCc1ccc(-c2ccc(-c3cc(F)c(-c4ccc(OC(F)(F)F)c(F)c4)c(F)c3)cc2)cc1.CCCc1ccc(-c2ccc(-c3cc(F)c(-c4ccc(OC(F)(F)F)c(F)c4)c(F)c3)cc2)cc1.CCc1ccc(-c2ccc(-c3cc(F)c(-c4ccc(OC(F)(F)F)c(F)c4)c(F)c3)cc2)cc1. The summed E-state index contributed by atoms with van der Waals surface area (Å²) in [5, 5.41) is 0. The molecule has 16 aromatic carbocycles. The maximum atomic E-state index is 14.9. The van der Waals surface area contributed by atoms with Crippen LogP contribution >= 0.6 is 0 Å². The number of hydrogen-bond donors (Lipinski definition) is 0. The highest BCUT2D eigenvalue weighted by Gasteiger charge is 2.37. The second-order valence-corrected chi connectivity index (χ2v) is 32.8. The molecule has 0 heterocycles. The molecule has 0 unspecified atom stereocenters. The number of benzene rings is 16. The Morgan fingerprint density at radius 1 is 0.162 bits per heavy atom. The van der Waals surface area contributed by atoms with Crippen molar-refractivity contribution in [2.75, 3.05) is 0 Å². The Morgan fingerprint density at radius 2 is 0.324 bits per heavy atom. The lowest BCUT2D eigenvalue weighted by Gasteiger charge is -2.12. The van der Waals surface area contributed by atoms with Crippen LogP contribution in [0.1, 0.15) is 88.5 Å². The molecule has 0 spiro atoms. The van der Waals surface area contributed by atoms with Gasteiger partial charge in [0.2, 0.25) is 0 Å². The molecule has 4 nitrogen and oxygen atoms in total. The van der Waals surface area contributed by atoms with Crippen LogP contribution in [-0.4, -0.2) is 25.4 Å². The van der Waals surface area contributed by atoms with E-state index in [4.69, 9.17) is 0 Å². The second-order valence-electron chi connectivity index (χ2n) is 32.8. The van der Waals surface area contributed by atoms with E-state index in [2.05, 4.69) is 95.2 Å². The smallest absolute Gasteiger partial charge is 0.403 e. The standard InChI is InChI=1S/C30H24F6O.C29H22F6O.C28H20F6O.C27H18F6O/c1-2-3-4-5-19-6-8-20(9-7-19)21-10-12-22(13-11-21)24-17-26(32)29(27(33)18-24)23-14-15-28(25(31)16-23)37-30(34,35)36;1-2-3-4-18-5-7-19(8-6-18)20-9-11-21(12-10-20)23-16-25(31)28(26(32)17-23)22-13-14-27(24(30)15-22)36-29(33,34)35;1-2-3-17-4-6-18(7-5-17)19-8-10-20(11-9-19)22-15-24(30)27(25(31)16-22)21-12-13-26(23(29)14-21)35-28(32,33)34;1-2-16-3-5-17(6-4-16)18-7-9-19(10-8-18)21-14-23(29)26(24(30)15-21)20-11-12-25(22(28)13-20)34-27(31,32)33/h6-18H,2-5H2,1H3;5-17H,2-4H2,1H3;4-16H,2-3H2,1H3;3-15H,2H2,1H3.